The highest BCUT2D eigenvalue weighted by molar-refractivity contribution is 7.20. The number of nitrogens with zero attached hydrogens (tertiary/aromatic N) is 3. The maximum atomic E-state index is 4.69. The summed E-state index contributed by atoms with van der Waals surface area (Å²) >= 11 is 0. The van der Waals surface area contributed by atoms with Crippen LogP contribution in [-0.4, -0.2) is 21.8 Å². The third-order valence-corrected chi connectivity index (χ3v) is 18.2. The lowest BCUT2D eigenvalue weighted by atomic mass is 10.1. The standard InChI is InChI=1S/C61H45N3Si/c1-3-4-29-51-43(2)62(44-21-9-5-10-22-44)58-40-38-50(42-55(51)58)65(47-25-13-7-14-26-47,48-27-15-8-16-28-48)49-36-34-46(35-37-49)64-56-32-19-17-30-52(56)53-39-41-59-60(61(53)64)54-31-18-20-33-57(54)63(59)45-23-11-6-12-24-45/h3-42H,2H2,1H3/b4-3-,51-29+. The fourth-order valence-electron chi connectivity index (χ4n) is 10.7. The molecule has 3 heterocycles. The van der Waals surface area contributed by atoms with Gasteiger partial charge in [0.25, 0.3) is 0 Å². The van der Waals surface area contributed by atoms with E-state index < -0.39 is 8.07 Å². The van der Waals surface area contributed by atoms with Crippen molar-refractivity contribution in [2.45, 2.75) is 6.92 Å². The van der Waals surface area contributed by atoms with Gasteiger partial charge in [0, 0.05) is 54.6 Å². The van der Waals surface area contributed by atoms with Gasteiger partial charge in [-0.2, -0.15) is 0 Å². The van der Waals surface area contributed by atoms with Crippen LogP contribution in [0.1, 0.15) is 6.92 Å². The smallest absolute Gasteiger partial charge is 0.179 e. The molecule has 0 saturated carbocycles. The minimum absolute atomic E-state index is 0.977. The molecule has 0 bridgehead atoms. The van der Waals surface area contributed by atoms with E-state index >= 15 is 0 Å². The topological polar surface area (TPSA) is 14.8 Å². The largest absolute Gasteiger partial charge is 0.310 e. The van der Waals surface area contributed by atoms with E-state index in [1.165, 1.54) is 69.7 Å². The van der Waals surface area contributed by atoms with Gasteiger partial charge in [-0.05, 0) is 88.3 Å². The van der Waals surface area contributed by atoms with Crippen molar-refractivity contribution in [3.63, 3.8) is 0 Å². The minimum Gasteiger partial charge on any atom is -0.310 e. The van der Waals surface area contributed by atoms with E-state index in [4.69, 9.17) is 0 Å². The molecular weight excluding hydrogens is 803 g/mol. The fourth-order valence-corrected chi connectivity index (χ4v) is 15.5. The molecule has 0 unspecified atom stereocenters. The first-order chi connectivity index (χ1) is 32.2. The second kappa shape index (κ2) is 15.6. The van der Waals surface area contributed by atoms with Gasteiger partial charge in [-0.25, -0.2) is 0 Å². The molecule has 0 aliphatic carbocycles. The van der Waals surface area contributed by atoms with Crippen molar-refractivity contribution in [1.82, 2.24) is 13.7 Å². The molecule has 0 atom stereocenters. The zero-order chi connectivity index (χ0) is 43.5. The zero-order valence-corrected chi connectivity index (χ0v) is 37.1. The van der Waals surface area contributed by atoms with Crippen molar-refractivity contribution >= 4 is 96.0 Å². The molecule has 308 valence electrons. The third-order valence-electron chi connectivity index (χ3n) is 13.5. The van der Waals surface area contributed by atoms with Gasteiger partial charge < -0.3 is 13.7 Å². The highest BCUT2D eigenvalue weighted by atomic mass is 28.3. The Morgan fingerprint density at radius 3 is 1.49 bits per heavy atom. The van der Waals surface area contributed by atoms with E-state index in [2.05, 4.69) is 270 Å². The maximum Gasteiger partial charge on any atom is 0.179 e. The van der Waals surface area contributed by atoms with Gasteiger partial charge in [-0.1, -0.05) is 189 Å². The number of para-hydroxylation sites is 4. The average Bonchev–Trinajstić information content (AvgIpc) is 3.99. The molecule has 0 aliphatic heterocycles. The summed E-state index contributed by atoms with van der Waals surface area (Å²) in [6.07, 6.45) is 6.44. The van der Waals surface area contributed by atoms with Gasteiger partial charge in [0.1, 0.15) is 0 Å². The molecule has 12 aromatic rings. The van der Waals surface area contributed by atoms with Crippen molar-refractivity contribution in [1.29, 1.82) is 0 Å². The number of benzene rings is 9. The Kier molecular flexibility index (Phi) is 9.21. The van der Waals surface area contributed by atoms with Gasteiger partial charge in [-0.15, -0.1) is 0 Å². The van der Waals surface area contributed by atoms with E-state index in [-0.39, 0.29) is 0 Å². The second-order valence-corrected chi connectivity index (χ2v) is 20.7. The normalized spacial score (nSPS) is 12.5. The van der Waals surface area contributed by atoms with Crippen molar-refractivity contribution in [3.8, 4) is 17.1 Å². The SMILES string of the molecule is C=c1/c(=C\C=C/C)c2cc([Si](c3ccccc3)(c3ccccc3)c3ccc(-n4c5ccccc5c5ccc6c(c7ccccc7n6-c6ccccc6)c54)cc3)ccc2n1-c1ccccc1. The van der Waals surface area contributed by atoms with Crippen LogP contribution in [0.3, 0.4) is 0 Å². The number of fused-ring (bicyclic) bond motifs is 8. The number of rotatable bonds is 8. The molecular formula is C61H45N3Si. The molecule has 0 spiro atoms. The lowest BCUT2D eigenvalue weighted by molar-refractivity contribution is 1.07. The van der Waals surface area contributed by atoms with Crippen LogP contribution in [0.4, 0.5) is 0 Å². The number of hydrogen-bond acceptors (Lipinski definition) is 0. The van der Waals surface area contributed by atoms with Crippen LogP contribution in [0.25, 0.3) is 84.2 Å². The summed E-state index contributed by atoms with van der Waals surface area (Å²) in [6, 6.07) is 83.0. The summed E-state index contributed by atoms with van der Waals surface area (Å²) < 4.78 is 7.22. The molecule has 0 fully saturated rings. The number of allylic oxidation sites excluding steroid dienone is 2. The average molecular weight is 848 g/mol. The molecule has 4 heteroatoms. The van der Waals surface area contributed by atoms with Crippen LogP contribution in [0.15, 0.2) is 237 Å². The summed E-state index contributed by atoms with van der Waals surface area (Å²) in [5, 5.41) is 13.6. The van der Waals surface area contributed by atoms with E-state index in [0.29, 0.717) is 0 Å². The van der Waals surface area contributed by atoms with Crippen LogP contribution in [0.2, 0.25) is 0 Å². The van der Waals surface area contributed by atoms with Crippen molar-refractivity contribution in [3.05, 3.63) is 247 Å². The lowest BCUT2D eigenvalue weighted by Crippen LogP contribution is -2.74. The first kappa shape index (κ1) is 38.5. The molecule has 0 radical (unpaired) electrons. The van der Waals surface area contributed by atoms with Crippen LogP contribution in [-0.2, 0) is 0 Å². The minimum atomic E-state index is -2.96. The predicted octanol–water partition coefficient (Wildman–Crippen LogP) is 11.0. The Labute approximate surface area is 379 Å². The fraction of sp³-hybridized carbons (Fsp3) is 0.0164. The zero-order valence-electron chi connectivity index (χ0n) is 36.1. The summed E-state index contributed by atoms with van der Waals surface area (Å²) in [5.41, 5.74) is 9.34. The highest BCUT2D eigenvalue weighted by Crippen LogP contribution is 2.41. The Bertz CT molecular complexity index is 3840. The summed E-state index contributed by atoms with van der Waals surface area (Å²) in [6.45, 7) is 6.76. The Morgan fingerprint density at radius 1 is 0.385 bits per heavy atom. The number of aromatic nitrogens is 3. The van der Waals surface area contributed by atoms with Crippen LogP contribution in [0, 0.1) is 0 Å². The Morgan fingerprint density at radius 2 is 0.862 bits per heavy atom. The van der Waals surface area contributed by atoms with Crippen molar-refractivity contribution in [2.24, 2.45) is 0 Å². The van der Waals surface area contributed by atoms with Crippen LogP contribution < -0.4 is 31.3 Å². The van der Waals surface area contributed by atoms with Gasteiger partial charge in [-0.3, -0.25) is 0 Å². The molecule has 9 aromatic carbocycles. The lowest BCUT2D eigenvalue weighted by Gasteiger charge is -2.34. The van der Waals surface area contributed by atoms with Crippen molar-refractivity contribution in [2.75, 3.05) is 0 Å². The molecule has 0 aliphatic rings. The van der Waals surface area contributed by atoms with Crippen molar-refractivity contribution < 1.29 is 0 Å². The monoisotopic (exact) mass is 847 g/mol. The molecule has 0 N–H and O–H groups in total. The number of hydrogen-bond donors (Lipinski definition) is 0. The quantitative estimate of drug-likeness (QED) is 0.107. The summed E-state index contributed by atoms with van der Waals surface area (Å²) in [4.78, 5) is 0. The van der Waals surface area contributed by atoms with Gasteiger partial charge in [0.2, 0.25) is 0 Å². The molecule has 12 rings (SSSR count). The molecule has 3 aromatic heterocycles. The Hall–Kier alpha value is -8.18. The van der Waals surface area contributed by atoms with E-state index in [0.717, 1.165) is 33.1 Å². The van der Waals surface area contributed by atoms with E-state index in [1.54, 1.807) is 0 Å². The van der Waals surface area contributed by atoms with E-state index in [9.17, 15) is 0 Å². The second-order valence-electron chi connectivity index (χ2n) is 16.9. The van der Waals surface area contributed by atoms with Gasteiger partial charge >= 0.3 is 0 Å². The van der Waals surface area contributed by atoms with E-state index in [1.807, 2.05) is 0 Å². The first-order valence-corrected chi connectivity index (χ1v) is 24.4. The summed E-state index contributed by atoms with van der Waals surface area (Å²) in [5.74, 6) is 0. The van der Waals surface area contributed by atoms with Gasteiger partial charge in [0.05, 0.1) is 27.6 Å². The summed E-state index contributed by atoms with van der Waals surface area (Å²) in [7, 11) is -2.96. The molecule has 0 amide bonds. The van der Waals surface area contributed by atoms with Crippen LogP contribution >= 0.6 is 0 Å². The Balaban J connectivity index is 1.14. The predicted molar refractivity (Wildman–Crippen MR) is 280 cm³/mol. The molecule has 65 heavy (non-hydrogen) atoms. The first-order valence-electron chi connectivity index (χ1n) is 22.4. The van der Waals surface area contributed by atoms with Crippen LogP contribution in [0.5, 0.6) is 0 Å². The molecule has 0 saturated heterocycles. The molecule has 3 nitrogen and oxygen atoms in total. The maximum absolute atomic E-state index is 4.69. The van der Waals surface area contributed by atoms with Gasteiger partial charge in [0.15, 0.2) is 8.07 Å². The highest BCUT2D eigenvalue weighted by Gasteiger charge is 2.41. The third kappa shape index (κ3) is 5.88.